The Kier molecular flexibility index (Phi) is 7.62. The van der Waals surface area contributed by atoms with Crippen LogP contribution in [0.5, 0.6) is 0 Å². The summed E-state index contributed by atoms with van der Waals surface area (Å²) in [4.78, 5) is 0. The molecule has 0 N–H and O–H groups in total. The van der Waals surface area contributed by atoms with E-state index in [0.29, 0.717) is 0 Å². The Morgan fingerprint density at radius 3 is 1.55 bits per heavy atom. The highest BCUT2D eigenvalue weighted by Gasteiger charge is 2.04. The lowest BCUT2D eigenvalue weighted by Crippen LogP contribution is -2.01. The number of ether oxygens (including phenoxy) is 2. The predicted molar refractivity (Wildman–Crippen MR) is 49.2 cm³/mol. The van der Waals surface area contributed by atoms with Crippen LogP contribution in [0.3, 0.4) is 0 Å². The van der Waals surface area contributed by atoms with E-state index in [-0.39, 0.29) is 10.9 Å². The molecule has 0 saturated carbocycles. The highest BCUT2D eigenvalue weighted by atomic mass is 32.2. The molecule has 2 unspecified atom stereocenters. The van der Waals surface area contributed by atoms with E-state index in [1.54, 1.807) is 14.2 Å². The molecule has 0 aromatic heterocycles. The first-order chi connectivity index (χ1) is 5.20. The van der Waals surface area contributed by atoms with E-state index < -0.39 is 0 Å². The van der Waals surface area contributed by atoms with Gasteiger partial charge in [-0.3, -0.25) is 0 Å². The maximum Gasteiger partial charge on any atom is 0.127 e. The van der Waals surface area contributed by atoms with Crippen molar-refractivity contribution < 1.29 is 13.1 Å². The second-order valence-corrected chi connectivity index (χ2v) is 4.12. The summed E-state index contributed by atoms with van der Waals surface area (Å²) < 4.78 is 15.0. The van der Waals surface area contributed by atoms with Gasteiger partial charge in [-0.2, -0.15) is 0 Å². The van der Waals surface area contributed by atoms with Crippen LogP contribution >= 0.6 is 24.1 Å². The molecule has 11 heavy (non-hydrogen) atoms. The second kappa shape index (κ2) is 7.24. The van der Waals surface area contributed by atoms with Crippen LogP contribution in [0.4, 0.5) is 0 Å². The lowest BCUT2D eigenvalue weighted by Gasteiger charge is -2.10. The van der Waals surface area contributed by atoms with Gasteiger partial charge in [0.25, 0.3) is 0 Å². The number of methoxy groups -OCH3 is 2. The first-order valence-electron chi connectivity index (χ1n) is 3.25. The van der Waals surface area contributed by atoms with E-state index in [0.717, 1.165) is 0 Å². The van der Waals surface area contributed by atoms with Gasteiger partial charge in [-0.15, -0.1) is 0 Å². The molecule has 0 amide bonds. The predicted octanol–water partition coefficient (Wildman–Crippen LogP) is 2.28. The Hall–Kier alpha value is 0.580. The van der Waals surface area contributed by atoms with Gasteiger partial charge < -0.3 is 9.47 Å². The van der Waals surface area contributed by atoms with Crippen molar-refractivity contribution in [3.63, 3.8) is 0 Å². The smallest absolute Gasteiger partial charge is 0.127 e. The van der Waals surface area contributed by atoms with Gasteiger partial charge >= 0.3 is 0 Å². The number of hydrogen-bond donors (Lipinski definition) is 0. The summed E-state index contributed by atoms with van der Waals surface area (Å²) in [6.45, 7) is 3.84. The zero-order valence-electron chi connectivity index (χ0n) is 7.20. The molecule has 0 aromatic rings. The molecule has 0 saturated heterocycles. The molecule has 0 rings (SSSR count). The second-order valence-electron chi connectivity index (χ2n) is 1.87. The lowest BCUT2D eigenvalue weighted by atomic mass is 10.9. The Morgan fingerprint density at radius 1 is 0.909 bits per heavy atom. The van der Waals surface area contributed by atoms with Gasteiger partial charge in [-0.25, -0.2) is 3.63 Å². The molecule has 0 aliphatic heterocycles. The summed E-state index contributed by atoms with van der Waals surface area (Å²) in [5.41, 5.74) is 0.123. The van der Waals surface area contributed by atoms with Crippen molar-refractivity contribution in [3.05, 3.63) is 0 Å². The molecule has 0 radical (unpaired) electrons. The molecule has 68 valence electrons. The van der Waals surface area contributed by atoms with Gasteiger partial charge in [-0.1, -0.05) is 0 Å². The van der Waals surface area contributed by atoms with Crippen molar-refractivity contribution in [3.8, 4) is 0 Å². The van der Waals surface area contributed by atoms with Crippen LogP contribution in [-0.2, 0) is 13.1 Å². The van der Waals surface area contributed by atoms with Crippen LogP contribution in [0.1, 0.15) is 13.8 Å². The summed E-state index contributed by atoms with van der Waals surface area (Å²) in [6.07, 6.45) is 0. The number of hydrogen-bond acceptors (Lipinski definition) is 5. The first-order valence-corrected chi connectivity index (χ1v) is 4.86. The van der Waals surface area contributed by atoms with Gasteiger partial charge in [0.05, 0.1) is 0 Å². The third-order valence-corrected chi connectivity index (χ3v) is 2.57. The minimum absolute atomic E-state index is 0.0616. The average molecular weight is 198 g/mol. The van der Waals surface area contributed by atoms with Crippen LogP contribution in [-0.4, -0.2) is 25.1 Å². The standard InChI is InChI=1S/C6H14O3S2/c1-5(7-3)10-9-11-6(2)8-4/h5-6H,1-4H3. The Balaban J connectivity index is 3.13. The van der Waals surface area contributed by atoms with Crippen molar-refractivity contribution >= 4 is 24.1 Å². The van der Waals surface area contributed by atoms with E-state index >= 15 is 0 Å². The Morgan fingerprint density at radius 2 is 1.27 bits per heavy atom. The summed E-state index contributed by atoms with van der Waals surface area (Å²) in [7, 11) is 3.29. The van der Waals surface area contributed by atoms with Gasteiger partial charge in [0.2, 0.25) is 0 Å². The zero-order valence-corrected chi connectivity index (χ0v) is 8.83. The SMILES string of the molecule is COC(C)SOSC(C)OC. The summed E-state index contributed by atoms with van der Waals surface area (Å²) in [5, 5.41) is 0. The van der Waals surface area contributed by atoms with Crippen LogP contribution in [0.2, 0.25) is 0 Å². The fraction of sp³-hybridized carbons (Fsp3) is 1.00. The topological polar surface area (TPSA) is 27.7 Å². The van der Waals surface area contributed by atoms with Crippen LogP contribution in [0.25, 0.3) is 0 Å². The average Bonchev–Trinajstić information content (AvgIpc) is 2.04. The normalized spacial score (nSPS) is 16.4. The molecular formula is C6H14O3S2. The highest BCUT2D eigenvalue weighted by molar-refractivity contribution is 8.08. The van der Waals surface area contributed by atoms with Crippen molar-refractivity contribution in [2.75, 3.05) is 14.2 Å². The van der Waals surface area contributed by atoms with Crippen molar-refractivity contribution in [1.82, 2.24) is 0 Å². The quantitative estimate of drug-likeness (QED) is 0.482. The molecule has 0 spiro atoms. The van der Waals surface area contributed by atoms with Gasteiger partial charge in [0.1, 0.15) is 10.9 Å². The van der Waals surface area contributed by atoms with Crippen LogP contribution in [0.15, 0.2) is 0 Å². The zero-order chi connectivity index (χ0) is 8.69. The highest BCUT2D eigenvalue weighted by Crippen LogP contribution is 2.23. The third-order valence-electron chi connectivity index (χ3n) is 1.01. The third kappa shape index (κ3) is 6.96. The lowest BCUT2D eigenvalue weighted by molar-refractivity contribution is 0.179. The number of rotatable bonds is 6. The maximum absolute atomic E-state index is 5.12. The fourth-order valence-corrected chi connectivity index (χ4v) is 1.44. The van der Waals surface area contributed by atoms with Crippen molar-refractivity contribution in [1.29, 1.82) is 0 Å². The molecule has 0 fully saturated rings. The largest absolute Gasteiger partial charge is 0.369 e. The molecule has 5 heteroatoms. The van der Waals surface area contributed by atoms with Gasteiger partial charge in [-0.05, 0) is 13.8 Å². The Bertz CT molecular complexity index is 81.9. The van der Waals surface area contributed by atoms with E-state index in [4.69, 9.17) is 13.1 Å². The van der Waals surface area contributed by atoms with Gasteiger partial charge in [0, 0.05) is 38.3 Å². The van der Waals surface area contributed by atoms with E-state index in [2.05, 4.69) is 0 Å². The van der Waals surface area contributed by atoms with Crippen molar-refractivity contribution in [2.24, 2.45) is 0 Å². The first kappa shape index (κ1) is 11.6. The molecule has 3 nitrogen and oxygen atoms in total. The summed E-state index contributed by atoms with van der Waals surface area (Å²) in [5.74, 6) is 0. The summed E-state index contributed by atoms with van der Waals surface area (Å²) in [6, 6.07) is 0. The van der Waals surface area contributed by atoms with Crippen LogP contribution in [0, 0.1) is 0 Å². The molecule has 2 atom stereocenters. The molecule has 0 bridgehead atoms. The molecular weight excluding hydrogens is 184 g/mol. The monoisotopic (exact) mass is 198 g/mol. The van der Waals surface area contributed by atoms with E-state index in [1.807, 2.05) is 13.8 Å². The van der Waals surface area contributed by atoms with Crippen LogP contribution < -0.4 is 0 Å². The van der Waals surface area contributed by atoms with E-state index in [9.17, 15) is 0 Å². The molecule has 0 aliphatic carbocycles. The molecule has 0 aromatic carbocycles. The van der Waals surface area contributed by atoms with Gasteiger partial charge in [0.15, 0.2) is 0 Å². The minimum Gasteiger partial charge on any atom is -0.369 e. The maximum atomic E-state index is 5.12. The molecule has 0 heterocycles. The van der Waals surface area contributed by atoms with Crippen molar-refractivity contribution in [2.45, 2.75) is 24.7 Å². The minimum atomic E-state index is 0.0616. The molecule has 0 aliphatic rings. The Labute approximate surface area is 76.6 Å². The fourth-order valence-electron chi connectivity index (χ4n) is 0.212. The van der Waals surface area contributed by atoms with E-state index in [1.165, 1.54) is 24.1 Å². The summed E-state index contributed by atoms with van der Waals surface area (Å²) >= 11 is 2.56.